The van der Waals surface area contributed by atoms with Gasteiger partial charge in [0.1, 0.15) is 29.0 Å². The second-order valence-electron chi connectivity index (χ2n) is 10.4. The molecule has 0 radical (unpaired) electrons. The normalized spacial score (nSPS) is 12.0. The highest BCUT2D eigenvalue weighted by Crippen LogP contribution is 2.57. The molecule has 0 saturated heterocycles. The number of nitriles is 2. The molecule has 0 spiro atoms. The van der Waals surface area contributed by atoms with Crippen molar-refractivity contribution in [2.45, 2.75) is 102 Å². The van der Waals surface area contributed by atoms with Crippen LogP contribution in [0, 0.1) is 28.6 Å². The van der Waals surface area contributed by atoms with E-state index in [1.54, 1.807) is 11.8 Å². The van der Waals surface area contributed by atoms with Crippen molar-refractivity contribution in [1.29, 1.82) is 10.5 Å². The molecule has 1 heterocycles. The third kappa shape index (κ3) is 7.39. The summed E-state index contributed by atoms with van der Waals surface area (Å²) in [6.45, 7) is 10.6. The Balaban J connectivity index is 2.08. The second kappa shape index (κ2) is 15.6. The second-order valence-corrected chi connectivity index (χ2v) is 11.4. The van der Waals surface area contributed by atoms with Gasteiger partial charge in [-0.3, -0.25) is 0 Å². The summed E-state index contributed by atoms with van der Waals surface area (Å²) in [6.07, 6.45) is 11.1. The minimum absolute atomic E-state index is 0.286. The Morgan fingerprint density at radius 1 is 0.816 bits per heavy atom. The molecular formula is C32H43N3O2S. The zero-order chi connectivity index (χ0) is 27.3. The molecule has 0 aliphatic carbocycles. The lowest BCUT2D eigenvalue weighted by Crippen LogP contribution is -2.24. The van der Waals surface area contributed by atoms with E-state index in [0.29, 0.717) is 30.6 Å². The van der Waals surface area contributed by atoms with Crippen LogP contribution in [0.3, 0.4) is 0 Å². The third-order valence-corrected chi connectivity index (χ3v) is 8.02. The van der Waals surface area contributed by atoms with Gasteiger partial charge in [0, 0.05) is 11.4 Å². The van der Waals surface area contributed by atoms with Crippen LogP contribution in [0.5, 0.6) is 11.5 Å². The molecule has 2 aromatic carbocycles. The smallest absolute Gasteiger partial charge is 0.163 e. The van der Waals surface area contributed by atoms with Gasteiger partial charge in [-0.25, -0.2) is 0 Å². The lowest BCUT2D eigenvalue weighted by molar-refractivity contribution is 0.279. The van der Waals surface area contributed by atoms with Crippen molar-refractivity contribution in [2.75, 3.05) is 24.7 Å². The number of hydrogen-bond acceptors (Lipinski definition) is 6. The van der Waals surface area contributed by atoms with E-state index in [1.165, 1.54) is 25.7 Å². The Bertz CT molecular complexity index is 1130. The number of ether oxygens (including phenoxy) is 2. The number of anilines is 2. The molecule has 0 saturated carbocycles. The highest BCUT2D eigenvalue weighted by Gasteiger charge is 2.34. The third-order valence-electron chi connectivity index (χ3n) is 6.87. The van der Waals surface area contributed by atoms with E-state index < -0.39 is 0 Å². The van der Waals surface area contributed by atoms with E-state index >= 15 is 0 Å². The molecule has 0 aromatic heterocycles. The van der Waals surface area contributed by atoms with Crippen LogP contribution in [0.2, 0.25) is 0 Å². The number of unbranched alkanes of at least 4 members (excludes halogenated alkanes) is 7. The van der Waals surface area contributed by atoms with E-state index in [0.717, 1.165) is 66.2 Å². The number of rotatable bonds is 16. The Hall–Kier alpha value is -2.83. The predicted molar refractivity (Wildman–Crippen MR) is 157 cm³/mol. The minimum Gasteiger partial charge on any atom is -0.491 e. The number of fused-ring (bicyclic) bond motifs is 2. The monoisotopic (exact) mass is 533 g/mol. The molecule has 0 amide bonds. The summed E-state index contributed by atoms with van der Waals surface area (Å²) in [5.41, 5.74) is 2.57. The van der Waals surface area contributed by atoms with Crippen LogP contribution in [0.4, 0.5) is 11.4 Å². The Kier molecular flexibility index (Phi) is 12.2. The molecule has 0 unspecified atom stereocenters. The molecule has 0 N–H and O–H groups in total. The maximum absolute atomic E-state index is 10.3. The molecule has 38 heavy (non-hydrogen) atoms. The van der Waals surface area contributed by atoms with Gasteiger partial charge in [0.2, 0.25) is 0 Å². The number of benzene rings is 2. The number of hydrogen-bond donors (Lipinski definition) is 0. The highest BCUT2D eigenvalue weighted by atomic mass is 32.2. The summed E-state index contributed by atoms with van der Waals surface area (Å²) >= 11 is 1.62. The van der Waals surface area contributed by atoms with Gasteiger partial charge >= 0.3 is 0 Å². The van der Waals surface area contributed by atoms with Crippen LogP contribution < -0.4 is 14.4 Å². The van der Waals surface area contributed by atoms with E-state index in [-0.39, 0.29) is 11.1 Å². The SMILES string of the molecule is CCCCCCCCOc1c(C#N)c(C#N)c(OCCC(C)C)c2c1N(CCCCC)c1ccccc1S2. The van der Waals surface area contributed by atoms with Crippen molar-refractivity contribution in [3.8, 4) is 23.6 Å². The Morgan fingerprint density at radius 3 is 2.16 bits per heavy atom. The zero-order valence-corrected chi connectivity index (χ0v) is 24.5. The highest BCUT2D eigenvalue weighted by molar-refractivity contribution is 7.99. The van der Waals surface area contributed by atoms with Gasteiger partial charge in [0.05, 0.1) is 23.8 Å². The molecule has 0 bridgehead atoms. The predicted octanol–water partition coefficient (Wildman–Crippen LogP) is 9.39. The van der Waals surface area contributed by atoms with Gasteiger partial charge in [0.15, 0.2) is 11.5 Å². The fraction of sp³-hybridized carbons (Fsp3) is 0.562. The van der Waals surface area contributed by atoms with Crippen LogP contribution in [0.15, 0.2) is 34.1 Å². The molecule has 0 atom stereocenters. The van der Waals surface area contributed by atoms with Crippen LogP contribution in [0.25, 0.3) is 0 Å². The molecule has 204 valence electrons. The first kappa shape index (κ1) is 29.7. The zero-order valence-electron chi connectivity index (χ0n) is 23.6. The standard InChI is InChI=1S/C32H43N3O2S/c1-5-7-9-10-11-15-20-36-30-25(22-33)26(23-34)31(37-21-18-24(3)4)32-29(30)35(19-14-8-6-2)27-16-12-13-17-28(27)38-32/h12-13,16-17,24H,5-11,14-15,18-21H2,1-4H3. The lowest BCUT2D eigenvalue weighted by atomic mass is 10.0. The minimum atomic E-state index is 0.286. The Morgan fingerprint density at radius 2 is 1.45 bits per heavy atom. The van der Waals surface area contributed by atoms with Crippen molar-refractivity contribution in [3.05, 3.63) is 35.4 Å². The molecule has 2 aromatic rings. The van der Waals surface area contributed by atoms with Gasteiger partial charge in [-0.15, -0.1) is 0 Å². The molecule has 1 aliphatic heterocycles. The first-order valence-corrected chi connectivity index (χ1v) is 15.2. The first-order valence-electron chi connectivity index (χ1n) is 14.4. The van der Waals surface area contributed by atoms with Crippen molar-refractivity contribution in [2.24, 2.45) is 5.92 Å². The van der Waals surface area contributed by atoms with Crippen LogP contribution in [-0.2, 0) is 0 Å². The van der Waals surface area contributed by atoms with Crippen molar-refractivity contribution >= 4 is 23.1 Å². The molecule has 1 aliphatic rings. The molecule has 6 heteroatoms. The van der Waals surface area contributed by atoms with Gasteiger partial charge in [0.25, 0.3) is 0 Å². The largest absolute Gasteiger partial charge is 0.491 e. The molecule has 3 rings (SSSR count). The van der Waals surface area contributed by atoms with Crippen molar-refractivity contribution in [1.82, 2.24) is 0 Å². The summed E-state index contributed by atoms with van der Waals surface area (Å²) < 4.78 is 12.8. The Labute approximate surface area is 234 Å². The van der Waals surface area contributed by atoms with Gasteiger partial charge in [-0.2, -0.15) is 10.5 Å². The van der Waals surface area contributed by atoms with Crippen molar-refractivity contribution in [3.63, 3.8) is 0 Å². The topological polar surface area (TPSA) is 69.3 Å². The van der Waals surface area contributed by atoms with Crippen LogP contribution in [0.1, 0.15) is 103 Å². The van der Waals surface area contributed by atoms with E-state index in [9.17, 15) is 10.5 Å². The van der Waals surface area contributed by atoms with Crippen LogP contribution >= 0.6 is 11.8 Å². The molecule has 0 fully saturated rings. The molecular weight excluding hydrogens is 490 g/mol. The quantitative estimate of drug-likeness (QED) is 0.200. The summed E-state index contributed by atoms with van der Waals surface area (Å²) in [4.78, 5) is 4.31. The summed E-state index contributed by atoms with van der Waals surface area (Å²) in [5.74, 6) is 1.53. The first-order chi connectivity index (χ1) is 18.6. The molecule has 5 nitrogen and oxygen atoms in total. The summed E-state index contributed by atoms with van der Waals surface area (Å²) in [5, 5.41) is 20.5. The summed E-state index contributed by atoms with van der Waals surface area (Å²) in [6, 6.07) is 13.0. The van der Waals surface area contributed by atoms with Crippen LogP contribution in [-0.4, -0.2) is 19.8 Å². The van der Waals surface area contributed by atoms with E-state index in [2.05, 4.69) is 62.9 Å². The fourth-order valence-electron chi connectivity index (χ4n) is 4.70. The maximum Gasteiger partial charge on any atom is 0.163 e. The van der Waals surface area contributed by atoms with Crippen molar-refractivity contribution < 1.29 is 9.47 Å². The maximum atomic E-state index is 10.3. The number of para-hydroxylation sites is 1. The van der Waals surface area contributed by atoms with Gasteiger partial charge < -0.3 is 14.4 Å². The van der Waals surface area contributed by atoms with Gasteiger partial charge in [-0.1, -0.05) is 96.5 Å². The fourth-order valence-corrected chi connectivity index (χ4v) is 5.91. The summed E-state index contributed by atoms with van der Waals surface area (Å²) in [7, 11) is 0. The number of nitrogens with zero attached hydrogens (tertiary/aromatic N) is 3. The average Bonchev–Trinajstić information content (AvgIpc) is 2.92. The lowest BCUT2D eigenvalue weighted by Gasteiger charge is -2.35. The van der Waals surface area contributed by atoms with E-state index in [4.69, 9.17) is 9.47 Å². The average molecular weight is 534 g/mol. The van der Waals surface area contributed by atoms with Gasteiger partial charge in [-0.05, 0) is 37.3 Å². The van der Waals surface area contributed by atoms with E-state index in [1.807, 2.05) is 6.07 Å².